The van der Waals surface area contributed by atoms with Gasteiger partial charge in [0.1, 0.15) is 0 Å². The zero-order valence-electron chi connectivity index (χ0n) is 12.0. The molecule has 0 heterocycles. The number of rotatable bonds is 5. The summed E-state index contributed by atoms with van der Waals surface area (Å²) >= 11 is 5.92. The van der Waals surface area contributed by atoms with Crippen LogP contribution < -0.4 is 5.73 Å². The first kappa shape index (κ1) is 15.0. The normalized spacial score (nSPS) is 12.7. The summed E-state index contributed by atoms with van der Waals surface area (Å²) in [6.45, 7) is 3.57. The molecule has 0 saturated heterocycles. The molecule has 3 heteroatoms. The van der Waals surface area contributed by atoms with Crippen LogP contribution in [-0.4, -0.2) is 18.5 Å². The molecule has 20 heavy (non-hydrogen) atoms. The second-order valence-electron chi connectivity index (χ2n) is 5.21. The zero-order valence-corrected chi connectivity index (χ0v) is 12.8. The Kier molecular flexibility index (Phi) is 5.18. The second-order valence-corrected chi connectivity index (χ2v) is 5.64. The van der Waals surface area contributed by atoms with E-state index < -0.39 is 0 Å². The van der Waals surface area contributed by atoms with E-state index in [2.05, 4.69) is 55.3 Å². The third-order valence-corrected chi connectivity index (χ3v) is 3.78. The van der Waals surface area contributed by atoms with Crippen LogP contribution in [0.2, 0.25) is 5.02 Å². The molecule has 106 valence electrons. The van der Waals surface area contributed by atoms with E-state index >= 15 is 0 Å². The van der Waals surface area contributed by atoms with E-state index in [9.17, 15) is 0 Å². The Balaban J connectivity index is 2.13. The van der Waals surface area contributed by atoms with Gasteiger partial charge in [0.15, 0.2) is 0 Å². The molecule has 2 aromatic carbocycles. The lowest BCUT2D eigenvalue weighted by Gasteiger charge is -2.27. The molecule has 0 aliphatic carbocycles. The minimum Gasteiger partial charge on any atom is -0.329 e. The Morgan fingerprint density at radius 1 is 1.15 bits per heavy atom. The molecule has 0 spiro atoms. The van der Waals surface area contributed by atoms with Crippen LogP contribution in [0.3, 0.4) is 0 Å². The number of likely N-dealkylation sites (N-methyl/N-ethyl adjacent to an activating group) is 1. The Bertz CT molecular complexity index is 551. The van der Waals surface area contributed by atoms with Crippen molar-refractivity contribution in [2.24, 2.45) is 5.73 Å². The molecule has 0 bridgehead atoms. The van der Waals surface area contributed by atoms with Crippen LogP contribution in [0, 0.1) is 6.92 Å². The molecular weight excluding hydrogens is 268 g/mol. The quantitative estimate of drug-likeness (QED) is 0.907. The van der Waals surface area contributed by atoms with E-state index in [4.69, 9.17) is 17.3 Å². The van der Waals surface area contributed by atoms with Gasteiger partial charge < -0.3 is 5.73 Å². The van der Waals surface area contributed by atoms with Crippen molar-refractivity contribution < 1.29 is 0 Å². The monoisotopic (exact) mass is 288 g/mol. The van der Waals surface area contributed by atoms with Crippen molar-refractivity contribution in [2.45, 2.75) is 19.5 Å². The average molecular weight is 289 g/mol. The van der Waals surface area contributed by atoms with Crippen molar-refractivity contribution in [3.63, 3.8) is 0 Å². The topological polar surface area (TPSA) is 29.3 Å². The molecular formula is C17H21ClN2. The maximum Gasteiger partial charge on any atom is 0.0471 e. The van der Waals surface area contributed by atoms with Crippen molar-refractivity contribution in [1.29, 1.82) is 0 Å². The fraction of sp³-hybridized carbons (Fsp3) is 0.294. The number of benzene rings is 2. The lowest BCUT2D eigenvalue weighted by atomic mass is 10.0. The Morgan fingerprint density at radius 3 is 2.45 bits per heavy atom. The fourth-order valence-corrected chi connectivity index (χ4v) is 2.56. The zero-order chi connectivity index (χ0) is 14.5. The van der Waals surface area contributed by atoms with Crippen molar-refractivity contribution in [2.75, 3.05) is 13.6 Å². The van der Waals surface area contributed by atoms with Gasteiger partial charge in [0, 0.05) is 24.2 Å². The highest BCUT2D eigenvalue weighted by Crippen LogP contribution is 2.21. The number of hydrogen-bond donors (Lipinski definition) is 1. The van der Waals surface area contributed by atoms with Crippen LogP contribution in [0.1, 0.15) is 22.7 Å². The van der Waals surface area contributed by atoms with Crippen LogP contribution in [0.4, 0.5) is 0 Å². The van der Waals surface area contributed by atoms with E-state index in [1.54, 1.807) is 0 Å². The van der Waals surface area contributed by atoms with Gasteiger partial charge in [-0.2, -0.15) is 0 Å². The summed E-state index contributed by atoms with van der Waals surface area (Å²) in [5.41, 5.74) is 9.74. The number of nitrogens with zero attached hydrogens (tertiary/aromatic N) is 1. The highest BCUT2D eigenvalue weighted by molar-refractivity contribution is 6.30. The Hall–Kier alpha value is -1.35. The van der Waals surface area contributed by atoms with E-state index in [0.29, 0.717) is 6.54 Å². The summed E-state index contributed by atoms with van der Waals surface area (Å²) < 4.78 is 0. The minimum absolute atomic E-state index is 0.227. The van der Waals surface area contributed by atoms with Crippen molar-refractivity contribution >= 4 is 11.6 Å². The summed E-state index contributed by atoms with van der Waals surface area (Å²) in [5, 5.41) is 0.769. The molecule has 0 radical (unpaired) electrons. The highest BCUT2D eigenvalue weighted by Gasteiger charge is 2.15. The highest BCUT2D eigenvalue weighted by atomic mass is 35.5. The predicted molar refractivity (Wildman–Crippen MR) is 85.9 cm³/mol. The standard InChI is InChI=1S/C17H21ClN2/c1-13-4-3-5-15(10-13)17(11-19)20(2)12-14-6-8-16(18)9-7-14/h3-10,17H,11-12,19H2,1-2H3. The van der Waals surface area contributed by atoms with Gasteiger partial charge in [-0.3, -0.25) is 4.90 Å². The molecule has 0 amide bonds. The average Bonchev–Trinajstić information content (AvgIpc) is 2.42. The largest absolute Gasteiger partial charge is 0.329 e. The number of nitrogens with two attached hydrogens (primary N) is 1. The lowest BCUT2D eigenvalue weighted by molar-refractivity contribution is 0.242. The lowest BCUT2D eigenvalue weighted by Crippen LogP contribution is -2.30. The molecule has 1 atom stereocenters. The van der Waals surface area contributed by atoms with Crippen molar-refractivity contribution in [1.82, 2.24) is 4.90 Å². The summed E-state index contributed by atoms with van der Waals surface area (Å²) in [6, 6.07) is 16.7. The van der Waals surface area contributed by atoms with E-state index in [1.165, 1.54) is 16.7 Å². The van der Waals surface area contributed by atoms with Gasteiger partial charge >= 0.3 is 0 Å². The maximum absolute atomic E-state index is 5.97. The molecule has 1 unspecified atom stereocenters. The number of hydrogen-bond acceptors (Lipinski definition) is 2. The Labute approximate surface area is 126 Å². The molecule has 0 aliphatic rings. The van der Waals surface area contributed by atoms with Gasteiger partial charge in [0.25, 0.3) is 0 Å². The molecule has 2 aromatic rings. The number of halogens is 1. The second kappa shape index (κ2) is 6.89. The van der Waals surface area contributed by atoms with Crippen LogP contribution in [-0.2, 0) is 6.54 Å². The van der Waals surface area contributed by atoms with Crippen LogP contribution in [0.25, 0.3) is 0 Å². The van der Waals surface area contributed by atoms with Gasteiger partial charge in [0.2, 0.25) is 0 Å². The first-order valence-electron chi connectivity index (χ1n) is 6.81. The van der Waals surface area contributed by atoms with Crippen LogP contribution >= 0.6 is 11.6 Å². The summed E-state index contributed by atoms with van der Waals surface area (Å²) in [4.78, 5) is 2.28. The molecule has 0 aromatic heterocycles. The van der Waals surface area contributed by atoms with Gasteiger partial charge in [-0.25, -0.2) is 0 Å². The van der Waals surface area contributed by atoms with E-state index in [1.807, 2.05) is 12.1 Å². The molecule has 0 aliphatic heterocycles. The fourth-order valence-electron chi connectivity index (χ4n) is 2.44. The molecule has 0 fully saturated rings. The van der Waals surface area contributed by atoms with Crippen LogP contribution in [0.5, 0.6) is 0 Å². The Morgan fingerprint density at radius 2 is 1.85 bits per heavy atom. The third kappa shape index (κ3) is 3.83. The first-order valence-corrected chi connectivity index (χ1v) is 7.19. The molecule has 2 N–H and O–H groups in total. The van der Waals surface area contributed by atoms with E-state index in [-0.39, 0.29) is 6.04 Å². The van der Waals surface area contributed by atoms with Gasteiger partial charge in [-0.1, -0.05) is 53.6 Å². The predicted octanol–water partition coefficient (Wildman–Crippen LogP) is 3.78. The van der Waals surface area contributed by atoms with Crippen molar-refractivity contribution in [3.8, 4) is 0 Å². The summed E-state index contributed by atoms with van der Waals surface area (Å²) in [6.07, 6.45) is 0. The summed E-state index contributed by atoms with van der Waals surface area (Å²) in [7, 11) is 2.11. The van der Waals surface area contributed by atoms with E-state index in [0.717, 1.165) is 11.6 Å². The third-order valence-electron chi connectivity index (χ3n) is 3.53. The van der Waals surface area contributed by atoms with Crippen LogP contribution in [0.15, 0.2) is 48.5 Å². The number of aryl methyl sites for hydroxylation is 1. The van der Waals surface area contributed by atoms with Gasteiger partial charge in [-0.15, -0.1) is 0 Å². The molecule has 2 nitrogen and oxygen atoms in total. The summed E-state index contributed by atoms with van der Waals surface area (Å²) in [5.74, 6) is 0. The van der Waals surface area contributed by atoms with Crippen molar-refractivity contribution in [3.05, 3.63) is 70.2 Å². The SMILES string of the molecule is Cc1cccc(C(CN)N(C)Cc2ccc(Cl)cc2)c1. The first-order chi connectivity index (χ1) is 9.60. The smallest absolute Gasteiger partial charge is 0.0471 e. The van der Waals surface area contributed by atoms with Gasteiger partial charge in [0.05, 0.1) is 0 Å². The molecule has 2 rings (SSSR count). The molecule has 0 saturated carbocycles. The van der Waals surface area contributed by atoms with Gasteiger partial charge in [-0.05, 0) is 37.2 Å². The minimum atomic E-state index is 0.227. The maximum atomic E-state index is 5.97.